The number of hydrogen-bond acceptors (Lipinski definition) is 2. The molecule has 0 aliphatic heterocycles. The molecule has 0 unspecified atom stereocenters. The Morgan fingerprint density at radius 3 is 2.82 bits per heavy atom. The van der Waals surface area contributed by atoms with Crippen molar-refractivity contribution in [2.75, 3.05) is 6.61 Å². The van der Waals surface area contributed by atoms with Crippen LogP contribution in [0.2, 0.25) is 0 Å². The van der Waals surface area contributed by atoms with E-state index in [1.54, 1.807) is 11.3 Å². The van der Waals surface area contributed by atoms with Crippen LogP contribution in [-0.4, -0.2) is 22.3 Å². The Bertz CT molecular complexity index is 208. The number of ether oxygens (including phenoxy) is 1. The van der Waals surface area contributed by atoms with Crippen LogP contribution in [0, 0.1) is 0 Å². The summed E-state index contributed by atoms with van der Waals surface area (Å²) in [5, 5.41) is 4.10. The van der Waals surface area contributed by atoms with Gasteiger partial charge in [-0.15, -0.1) is 0 Å². The second kappa shape index (κ2) is 3.46. The van der Waals surface area contributed by atoms with E-state index in [2.05, 4.69) is 32.5 Å². The van der Waals surface area contributed by atoms with Crippen LogP contribution in [0.3, 0.4) is 0 Å². The molecular formula is C7H12B2OS. The first-order valence-corrected chi connectivity index (χ1v) is 4.77. The maximum atomic E-state index is 5.58. The second-order valence-electron chi connectivity index (χ2n) is 2.96. The Hall–Kier alpha value is -0.210. The molecule has 0 saturated heterocycles. The monoisotopic (exact) mass is 166 g/mol. The van der Waals surface area contributed by atoms with E-state index in [1.165, 1.54) is 5.56 Å². The Balaban J connectivity index is 2.73. The highest BCUT2D eigenvalue weighted by molar-refractivity contribution is 7.08. The molecule has 1 nitrogen and oxygen atoms in total. The smallest absolute Gasteiger partial charge is 0.137 e. The van der Waals surface area contributed by atoms with E-state index in [-0.39, 0.29) is 5.40 Å². The van der Waals surface area contributed by atoms with Gasteiger partial charge in [0.25, 0.3) is 0 Å². The van der Waals surface area contributed by atoms with Crippen LogP contribution in [-0.2, 0) is 10.1 Å². The van der Waals surface area contributed by atoms with E-state index in [0.717, 1.165) is 6.61 Å². The molecule has 1 aromatic rings. The van der Waals surface area contributed by atoms with E-state index in [0.29, 0.717) is 0 Å². The molecule has 4 heteroatoms. The quantitative estimate of drug-likeness (QED) is 0.581. The van der Waals surface area contributed by atoms with Crippen molar-refractivity contribution >= 4 is 27.0 Å². The fourth-order valence-corrected chi connectivity index (χ4v) is 1.86. The van der Waals surface area contributed by atoms with Crippen LogP contribution >= 0.6 is 11.3 Å². The Labute approximate surface area is 73.6 Å². The molecule has 1 heterocycles. The van der Waals surface area contributed by atoms with E-state index in [1.807, 2.05) is 6.92 Å². The van der Waals surface area contributed by atoms with E-state index < -0.39 is 0 Å². The van der Waals surface area contributed by atoms with Gasteiger partial charge in [0.15, 0.2) is 0 Å². The molecule has 0 bridgehead atoms. The molecule has 0 spiro atoms. The molecule has 1 aromatic heterocycles. The standard InChI is InChI=1S/C7H12B2OS/c1-2-10-7(8,9)6-3-4-11-5-6/h3-5H,2,8-9H2,1H3. The second-order valence-corrected chi connectivity index (χ2v) is 3.74. The van der Waals surface area contributed by atoms with Gasteiger partial charge in [-0.1, -0.05) is 0 Å². The third kappa shape index (κ3) is 2.11. The van der Waals surface area contributed by atoms with Crippen LogP contribution in [0.25, 0.3) is 0 Å². The van der Waals surface area contributed by atoms with Gasteiger partial charge in [0.05, 0.1) is 0 Å². The minimum atomic E-state index is -0.116. The summed E-state index contributed by atoms with van der Waals surface area (Å²) in [6.07, 6.45) is 0. The summed E-state index contributed by atoms with van der Waals surface area (Å²) in [5.41, 5.74) is 1.27. The van der Waals surface area contributed by atoms with Crippen LogP contribution in [0.5, 0.6) is 0 Å². The molecular weight excluding hydrogens is 154 g/mol. The van der Waals surface area contributed by atoms with Crippen LogP contribution in [0.4, 0.5) is 0 Å². The van der Waals surface area contributed by atoms with Gasteiger partial charge in [-0.2, -0.15) is 11.3 Å². The van der Waals surface area contributed by atoms with Crippen molar-refractivity contribution in [2.45, 2.75) is 12.3 Å². The summed E-state index contributed by atoms with van der Waals surface area (Å²) in [6.45, 7) is 2.79. The zero-order valence-corrected chi connectivity index (χ0v) is 8.07. The summed E-state index contributed by atoms with van der Waals surface area (Å²) in [6, 6.07) is 2.11. The first-order chi connectivity index (χ1) is 5.17. The lowest BCUT2D eigenvalue weighted by Crippen LogP contribution is -2.29. The Morgan fingerprint density at radius 1 is 1.64 bits per heavy atom. The van der Waals surface area contributed by atoms with Gasteiger partial charge < -0.3 is 4.74 Å². The SMILES string of the molecule is BC(B)(OCC)c1ccsc1. The fraction of sp³-hybridized carbons (Fsp3) is 0.429. The molecule has 1 rings (SSSR count). The van der Waals surface area contributed by atoms with E-state index >= 15 is 0 Å². The number of hydrogen-bond donors (Lipinski definition) is 0. The van der Waals surface area contributed by atoms with Crippen molar-refractivity contribution in [1.82, 2.24) is 0 Å². The average molecular weight is 166 g/mol. The van der Waals surface area contributed by atoms with Gasteiger partial charge in [-0.3, -0.25) is 0 Å². The average Bonchev–Trinajstić information content (AvgIpc) is 2.37. The van der Waals surface area contributed by atoms with Gasteiger partial charge >= 0.3 is 0 Å². The maximum Gasteiger partial charge on any atom is 0.137 e. The van der Waals surface area contributed by atoms with Gasteiger partial charge in [0, 0.05) is 12.0 Å². The van der Waals surface area contributed by atoms with Crippen LogP contribution in [0.1, 0.15) is 12.5 Å². The first-order valence-electron chi connectivity index (χ1n) is 3.83. The summed E-state index contributed by atoms with van der Waals surface area (Å²) in [5.74, 6) is 0. The summed E-state index contributed by atoms with van der Waals surface area (Å²) < 4.78 is 5.58. The highest BCUT2D eigenvalue weighted by atomic mass is 32.1. The van der Waals surface area contributed by atoms with E-state index in [4.69, 9.17) is 4.74 Å². The van der Waals surface area contributed by atoms with E-state index in [9.17, 15) is 0 Å². The maximum absolute atomic E-state index is 5.58. The highest BCUT2D eigenvalue weighted by Crippen LogP contribution is 2.20. The van der Waals surface area contributed by atoms with Crippen molar-refractivity contribution in [3.05, 3.63) is 22.4 Å². The minimum absolute atomic E-state index is 0.116. The predicted molar refractivity (Wildman–Crippen MR) is 54.7 cm³/mol. The zero-order chi connectivity index (χ0) is 8.32. The topological polar surface area (TPSA) is 9.23 Å². The summed E-state index contributed by atoms with van der Waals surface area (Å²) in [4.78, 5) is 0. The van der Waals surface area contributed by atoms with Crippen molar-refractivity contribution in [2.24, 2.45) is 0 Å². The minimum Gasteiger partial charge on any atom is -0.389 e. The lowest BCUT2D eigenvalue weighted by Gasteiger charge is -2.23. The van der Waals surface area contributed by atoms with Gasteiger partial charge in [0.2, 0.25) is 0 Å². The van der Waals surface area contributed by atoms with Crippen LogP contribution in [0.15, 0.2) is 16.8 Å². The Kier molecular flexibility index (Phi) is 2.79. The van der Waals surface area contributed by atoms with Crippen LogP contribution < -0.4 is 0 Å². The molecule has 11 heavy (non-hydrogen) atoms. The molecule has 0 radical (unpaired) electrons. The molecule has 58 valence electrons. The molecule has 0 aromatic carbocycles. The van der Waals surface area contributed by atoms with Gasteiger partial charge in [-0.25, -0.2) is 0 Å². The molecule has 0 aliphatic rings. The normalized spacial score (nSPS) is 11.7. The molecule has 0 saturated carbocycles. The molecule has 0 N–H and O–H groups in total. The lowest BCUT2D eigenvalue weighted by atomic mass is 9.62. The summed E-state index contributed by atoms with van der Waals surface area (Å²) in [7, 11) is 4.19. The first kappa shape index (κ1) is 8.88. The largest absolute Gasteiger partial charge is 0.389 e. The number of rotatable bonds is 3. The predicted octanol–water partition coefficient (Wildman–Crippen LogP) is 0.161. The van der Waals surface area contributed by atoms with Gasteiger partial charge in [-0.05, 0) is 29.3 Å². The summed E-state index contributed by atoms with van der Waals surface area (Å²) >= 11 is 1.71. The Morgan fingerprint density at radius 2 is 2.36 bits per heavy atom. The highest BCUT2D eigenvalue weighted by Gasteiger charge is 2.20. The van der Waals surface area contributed by atoms with Crippen molar-refractivity contribution < 1.29 is 4.74 Å². The molecule has 0 aliphatic carbocycles. The van der Waals surface area contributed by atoms with Crippen molar-refractivity contribution in [1.29, 1.82) is 0 Å². The zero-order valence-electron chi connectivity index (χ0n) is 7.26. The number of thiophene rings is 1. The molecule has 0 fully saturated rings. The van der Waals surface area contributed by atoms with Gasteiger partial charge in [0.1, 0.15) is 15.7 Å². The molecule has 0 amide bonds. The third-order valence-electron chi connectivity index (χ3n) is 1.72. The van der Waals surface area contributed by atoms with Crippen molar-refractivity contribution in [3.63, 3.8) is 0 Å². The lowest BCUT2D eigenvalue weighted by molar-refractivity contribution is 0.0872. The third-order valence-corrected chi connectivity index (χ3v) is 2.40. The molecule has 0 atom stereocenters. The fourth-order valence-electron chi connectivity index (χ4n) is 1.05. The van der Waals surface area contributed by atoms with Crippen molar-refractivity contribution in [3.8, 4) is 0 Å².